The van der Waals surface area contributed by atoms with Gasteiger partial charge in [-0.05, 0) is 52.2 Å². The molecule has 3 atom stereocenters. The number of carboxylic acid groups (broad SMARTS) is 1. The lowest BCUT2D eigenvalue weighted by atomic mass is 10.1. The number of benzene rings is 1. The average molecular weight is 688 g/mol. The number of likely N-dealkylation sites (tertiary alicyclic amines) is 1. The van der Waals surface area contributed by atoms with Gasteiger partial charge in [0.15, 0.2) is 12.3 Å². The third kappa shape index (κ3) is 9.03. The predicted molar refractivity (Wildman–Crippen MR) is 170 cm³/mol. The molecule has 49 heavy (non-hydrogen) atoms. The van der Waals surface area contributed by atoms with Crippen LogP contribution in [0.3, 0.4) is 0 Å². The zero-order valence-electron chi connectivity index (χ0n) is 27.7. The molecule has 266 valence electrons. The van der Waals surface area contributed by atoms with Crippen molar-refractivity contribution in [3.63, 3.8) is 0 Å². The van der Waals surface area contributed by atoms with Gasteiger partial charge in [0.25, 0.3) is 17.7 Å². The topological polar surface area (TPSA) is 184 Å². The van der Waals surface area contributed by atoms with Crippen LogP contribution >= 0.6 is 0 Å². The van der Waals surface area contributed by atoms with Crippen molar-refractivity contribution < 1.29 is 47.8 Å². The summed E-state index contributed by atoms with van der Waals surface area (Å²) in [5.74, 6) is -3.81. The highest BCUT2D eigenvalue weighted by Gasteiger charge is 2.37. The molecule has 0 aliphatic carbocycles. The van der Waals surface area contributed by atoms with Crippen molar-refractivity contribution in [2.45, 2.75) is 64.6 Å². The minimum absolute atomic E-state index is 0.00442. The summed E-state index contributed by atoms with van der Waals surface area (Å²) in [6.07, 6.45) is -0.258. The average Bonchev–Trinajstić information content (AvgIpc) is 3.76. The summed E-state index contributed by atoms with van der Waals surface area (Å²) in [6.45, 7) is 5.21. The molecule has 17 heteroatoms. The largest absolute Gasteiger partial charge is 0.481 e. The first kappa shape index (κ1) is 36.6. The molecule has 3 unspecified atom stereocenters. The third-order valence-corrected chi connectivity index (χ3v) is 8.32. The van der Waals surface area contributed by atoms with E-state index in [4.69, 9.17) is 9.47 Å². The SMILES string of the molecule is CCOC(=O)N1CCN(C(=O)C(CCC(=O)O)NC(=O)c2cc(OCC(=O)N3CCCC3C(=O)N(F)CC)n(-c3ccccc3)n2)CC1C. The first-order chi connectivity index (χ1) is 23.4. The summed E-state index contributed by atoms with van der Waals surface area (Å²) in [6, 6.07) is 7.34. The Kier molecular flexibility index (Phi) is 12.5. The smallest absolute Gasteiger partial charge is 0.410 e. The van der Waals surface area contributed by atoms with E-state index in [9.17, 15) is 38.4 Å². The second kappa shape index (κ2) is 16.7. The van der Waals surface area contributed by atoms with Crippen LogP contribution in [0, 0.1) is 0 Å². The van der Waals surface area contributed by atoms with Gasteiger partial charge in [-0.15, -0.1) is 0 Å². The normalized spacial score (nSPS) is 18.1. The number of amides is 5. The van der Waals surface area contributed by atoms with E-state index in [-0.39, 0.29) is 68.5 Å². The zero-order valence-corrected chi connectivity index (χ0v) is 27.7. The van der Waals surface area contributed by atoms with Crippen LogP contribution in [0.2, 0.25) is 0 Å². The van der Waals surface area contributed by atoms with Crippen molar-refractivity contribution in [1.82, 2.24) is 34.9 Å². The van der Waals surface area contributed by atoms with Crippen molar-refractivity contribution in [2.75, 3.05) is 45.9 Å². The number of carboxylic acids is 1. The molecule has 0 bridgehead atoms. The molecule has 3 heterocycles. The van der Waals surface area contributed by atoms with Gasteiger partial charge in [0.2, 0.25) is 11.8 Å². The number of nitrogens with zero attached hydrogens (tertiary/aromatic N) is 6. The molecule has 2 saturated heterocycles. The van der Waals surface area contributed by atoms with Gasteiger partial charge < -0.3 is 34.6 Å². The number of rotatable bonds is 13. The Balaban J connectivity index is 1.51. The van der Waals surface area contributed by atoms with Crippen LogP contribution in [-0.2, 0) is 23.9 Å². The van der Waals surface area contributed by atoms with Gasteiger partial charge in [-0.1, -0.05) is 22.7 Å². The molecule has 2 fully saturated rings. The molecule has 2 N–H and O–H groups in total. The third-order valence-electron chi connectivity index (χ3n) is 8.32. The first-order valence-corrected chi connectivity index (χ1v) is 16.2. The summed E-state index contributed by atoms with van der Waals surface area (Å²) in [4.78, 5) is 80.7. The number of aliphatic carboxylic acids is 1. The van der Waals surface area contributed by atoms with E-state index >= 15 is 0 Å². The van der Waals surface area contributed by atoms with Crippen molar-refractivity contribution in [3.05, 3.63) is 42.1 Å². The number of nitrogens with one attached hydrogen (secondary N) is 1. The summed E-state index contributed by atoms with van der Waals surface area (Å²) in [7, 11) is 0. The van der Waals surface area contributed by atoms with Gasteiger partial charge >= 0.3 is 12.1 Å². The molecule has 1 aromatic heterocycles. The van der Waals surface area contributed by atoms with Gasteiger partial charge in [-0.3, -0.25) is 24.0 Å². The number of aromatic nitrogens is 2. The Morgan fingerprint density at radius 3 is 2.47 bits per heavy atom. The van der Waals surface area contributed by atoms with Gasteiger partial charge in [-0.25, -0.2) is 9.48 Å². The fraction of sp³-hybridized carbons (Fsp3) is 0.531. The van der Waals surface area contributed by atoms with E-state index in [0.717, 1.165) is 0 Å². The summed E-state index contributed by atoms with van der Waals surface area (Å²) in [5.41, 5.74) is 0.311. The van der Waals surface area contributed by atoms with Crippen LogP contribution < -0.4 is 10.1 Å². The molecule has 4 rings (SSSR count). The highest BCUT2D eigenvalue weighted by Crippen LogP contribution is 2.23. The summed E-state index contributed by atoms with van der Waals surface area (Å²) >= 11 is 0. The lowest BCUT2D eigenvalue weighted by molar-refractivity contribution is -0.155. The van der Waals surface area contributed by atoms with E-state index in [1.54, 1.807) is 44.2 Å². The summed E-state index contributed by atoms with van der Waals surface area (Å²) in [5, 5.41) is 16.4. The molecule has 16 nitrogen and oxygen atoms in total. The Morgan fingerprint density at radius 1 is 1.08 bits per heavy atom. The van der Waals surface area contributed by atoms with Gasteiger partial charge in [-0.2, -0.15) is 10.2 Å². The number of halogens is 1. The number of hydrogen-bond acceptors (Lipinski definition) is 9. The molecule has 0 radical (unpaired) electrons. The van der Waals surface area contributed by atoms with Gasteiger partial charge in [0, 0.05) is 44.7 Å². The minimum atomic E-state index is -1.22. The number of ether oxygens (including phenoxy) is 2. The number of carbonyl (C=O) groups is 6. The molecule has 2 aliphatic rings. The summed E-state index contributed by atoms with van der Waals surface area (Å²) < 4.78 is 26.2. The van der Waals surface area contributed by atoms with E-state index in [0.29, 0.717) is 18.5 Å². The number of hydrogen-bond donors (Lipinski definition) is 2. The van der Waals surface area contributed by atoms with Crippen molar-refractivity contribution in [3.8, 4) is 11.6 Å². The van der Waals surface area contributed by atoms with Crippen molar-refractivity contribution in [2.24, 2.45) is 0 Å². The molecule has 1 aromatic carbocycles. The van der Waals surface area contributed by atoms with Gasteiger partial charge in [0.1, 0.15) is 12.1 Å². The van der Waals surface area contributed by atoms with E-state index in [1.165, 1.54) is 32.4 Å². The quantitative estimate of drug-likeness (QED) is 0.294. The Morgan fingerprint density at radius 2 is 1.82 bits per heavy atom. The molecule has 0 spiro atoms. The maximum atomic E-state index is 14.0. The second-order valence-corrected chi connectivity index (χ2v) is 11.6. The van der Waals surface area contributed by atoms with E-state index in [2.05, 4.69) is 10.4 Å². The lowest BCUT2D eigenvalue weighted by Gasteiger charge is -2.40. The molecule has 2 aromatic rings. The van der Waals surface area contributed by atoms with Crippen LogP contribution in [0.25, 0.3) is 5.69 Å². The zero-order chi connectivity index (χ0) is 35.7. The second-order valence-electron chi connectivity index (χ2n) is 11.6. The highest BCUT2D eigenvalue weighted by atomic mass is 19.2. The van der Waals surface area contributed by atoms with E-state index < -0.39 is 60.8 Å². The van der Waals surface area contributed by atoms with Crippen LogP contribution in [0.4, 0.5) is 9.28 Å². The number of piperazine rings is 1. The lowest BCUT2D eigenvalue weighted by Crippen LogP contribution is -2.59. The fourth-order valence-electron chi connectivity index (χ4n) is 5.80. The van der Waals surface area contributed by atoms with Crippen LogP contribution in [0.1, 0.15) is 56.9 Å². The Bertz CT molecular complexity index is 1520. The molecular formula is C32H42FN7O9. The highest BCUT2D eigenvalue weighted by molar-refractivity contribution is 5.96. The predicted octanol–water partition coefficient (Wildman–Crippen LogP) is 1.63. The minimum Gasteiger partial charge on any atom is -0.481 e. The molecule has 0 saturated carbocycles. The van der Waals surface area contributed by atoms with Crippen LogP contribution in [0.5, 0.6) is 5.88 Å². The molecular weight excluding hydrogens is 645 g/mol. The van der Waals surface area contributed by atoms with Crippen LogP contribution in [0.15, 0.2) is 36.4 Å². The number of para-hydroxylation sites is 1. The van der Waals surface area contributed by atoms with Crippen molar-refractivity contribution >= 4 is 35.7 Å². The standard InChI is InChI=1S/C32H42FN7O9/c1-4-39(33)31(46)25-12-9-15-38(25)26(41)20-49-27-18-24(35-40(27)22-10-7-6-8-11-22)29(44)34-23(13-14-28(42)43)30(45)36-16-17-37(21(3)19-36)32(47)48-5-2/h6-8,10-11,18,21,23,25H,4-5,9,12-17,19-20H2,1-3H3,(H,34,44)(H,42,43). The molecule has 2 aliphatic heterocycles. The van der Waals surface area contributed by atoms with Crippen molar-refractivity contribution in [1.29, 1.82) is 0 Å². The fourth-order valence-corrected chi connectivity index (χ4v) is 5.80. The Labute approximate surface area is 282 Å². The van der Waals surface area contributed by atoms with Crippen LogP contribution in [-0.4, -0.2) is 134 Å². The number of carbonyl (C=O) groups excluding carboxylic acids is 5. The number of likely N-dealkylation sites (N-methyl/N-ethyl adjacent to an activating group) is 1. The Hall–Kier alpha value is -5.22. The maximum absolute atomic E-state index is 14.0. The van der Waals surface area contributed by atoms with E-state index in [1.807, 2.05) is 0 Å². The first-order valence-electron chi connectivity index (χ1n) is 16.2. The monoisotopic (exact) mass is 687 g/mol. The van der Waals surface area contributed by atoms with Gasteiger partial charge in [0.05, 0.1) is 18.8 Å². The maximum Gasteiger partial charge on any atom is 0.410 e. The molecule has 5 amide bonds.